The van der Waals surface area contributed by atoms with E-state index in [1.165, 1.54) is 17.7 Å². The lowest BCUT2D eigenvalue weighted by molar-refractivity contribution is 0.0935. The highest BCUT2D eigenvalue weighted by Gasteiger charge is 2.27. The van der Waals surface area contributed by atoms with E-state index >= 15 is 0 Å². The van der Waals surface area contributed by atoms with Crippen molar-refractivity contribution in [3.8, 4) is 5.69 Å². The van der Waals surface area contributed by atoms with Gasteiger partial charge in [0.2, 0.25) is 0 Å². The van der Waals surface area contributed by atoms with E-state index in [0.717, 1.165) is 24.3 Å². The molecule has 1 aliphatic heterocycles. The first kappa shape index (κ1) is 18.4. The zero-order chi connectivity index (χ0) is 20.7. The van der Waals surface area contributed by atoms with Crippen molar-refractivity contribution in [2.24, 2.45) is 0 Å². The SMILES string of the molecule is Cc1ccn2ccnc(N3CC[C@H](NC(=O)c4ccn(-c5ccc(F)cc5)n4)C3)c12. The van der Waals surface area contributed by atoms with Gasteiger partial charge in [0, 0.05) is 43.9 Å². The van der Waals surface area contributed by atoms with E-state index in [-0.39, 0.29) is 17.8 Å². The van der Waals surface area contributed by atoms with E-state index in [1.54, 1.807) is 35.3 Å². The van der Waals surface area contributed by atoms with Crippen LogP contribution in [0.25, 0.3) is 11.2 Å². The first-order valence-corrected chi connectivity index (χ1v) is 9.88. The molecule has 7 nitrogen and oxygen atoms in total. The molecule has 1 aromatic carbocycles. The quantitative estimate of drug-likeness (QED) is 0.568. The summed E-state index contributed by atoms with van der Waals surface area (Å²) in [4.78, 5) is 19.5. The minimum absolute atomic E-state index is 0.0193. The molecule has 8 heteroatoms. The summed E-state index contributed by atoms with van der Waals surface area (Å²) in [6.45, 7) is 3.60. The van der Waals surface area contributed by atoms with Crippen molar-refractivity contribution in [1.82, 2.24) is 24.5 Å². The molecular weight excluding hydrogens is 383 g/mol. The summed E-state index contributed by atoms with van der Waals surface area (Å²) in [5.41, 5.74) is 3.31. The standard InChI is InChI=1S/C22H21FN6O/c1-15-6-10-27-13-9-24-21(20(15)27)28-11-7-17(14-28)25-22(30)19-8-12-29(26-19)18-4-2-16(23)3-5-18/h2-6,8-10,12-13,17H,7,11,14H2,1H3,(H,25,30)/t17-/m0/s1. The number of anilines is 1. The van der Waals surface area contributed by atoms with Gasteiger partial charge in [-0.05, 0) is 55.3 Å². The van der Waals surface area contributed by atoms with E-state index in [4.69, 9.17) is 0 Å². The second-order valence-electron chi connectivity index (χ2n) is 7.53. The van der Waals surface area contributed by atoms with Crippen molar-refractivity contribution in [3.63, 3.8) is 0 Å². The largest absolute Gasteiger partial charge is 0.353 e. The summed E-state index contributed by atoms with van der Waals surface area (Å²) >= 11 is 0. The molecular formula is C22H21FN6O. The highest BCUT2D eigenvalue weighted by molar-refractivity contribution is 5.92. The molecule has 1 N–H and O–H groups in total. The molecule has 1 saturated heterocycles. The summed E-state index contributed by atoms with van der Waals surface area (Å²) in [5, 5.41) is 7.40. The highest BCUT2D eigenvalue weighted by Crippen LogP contribution is 2.26. The third-order valence-corrected chi connectivity index (χ3v) is 5.49. The number of rotatable bonds is 4. The Hall–Kier alpha value is -3.68. The van der Waals surface area contributed by atoms with Crippen LogP contribution >= 0.6 is 0 Å². The van der Waals surface area contributed by atoms with Gasteiger partial charge in [-0.2, -0.15) is 5.10 Å². The molecule has 4 heterocycles. The first-order valence-electron chi connectivity index (χ1n) is 9.88. The predicted octanol–water partition coefficient (Wildman–Crippen LogP) is 2.98. The third kappa shape index (κ3) is 3.30. The molecule has 3 aromatic heterocycles. The Bertz CT molecular complexity index is 1210. The summed E-state index contributed by atoms with van der Waals surface area (Å²) in [6.07, 6.45) is 8.31. The van der Waals surface area contributed by atoms with Crippen molar-refractivity contribution < 1.29 is 9.18 Å². The highest BCUT2D eigenvalue weighted by atomic mass is 19.1. The van der Waals surface area contributed by atoms with Gasteiger partial charge in [0.15, 0.2) is 11.5 Å². The van der Waals surface area contributed by atoms with Gasteiger partial charge < -0.3 is 14.6 Å². The van der Waals surface area contributed by atoms with Crippen LogP contribution in [0.5, 0.6) is 0 Å². The van der Waals surface area contributed by atoms with Crippen molar-refractivity contribution in [2.75, 3.05) is 18.0 Å². The maximum Gasteiger partial charge on any atom is 0.272 e. The number of amides is 1. The Kier molecular flexibility index (Phi) is 4.46. The number of aryl methyl sites for hydroxylation is 1. The number of hydrogen-bond donors (Lipinski definition) is 1. The van der Waals surface area contributed by atoms with Gasteiger partial charge in [-0.3, -0.25) is 4.79 Å². The number of nitrogens with one attached hydrogen (secondary N) is 1. The van der Waals surface area contributed by atoms with Crippen molar-refractivity contribution in [1.29, 1.82) is 0 Å². The lowest BCUT2D eigenvalue weighted by Crippen LogP contribution is -2.37. The van der Waals surface area contributed by atoms with E-state index < -0.39 is 0 Å². The zero-order valence-electron chi connectivity index (χ0n) is 16.5. The summed E-state index contributed by atoms with van der Waals surface area (Å²) in [6, 6.07) is 9.73. The van der Waals surface area contributed by atoms with E-state index in [1.807, 2.05) is 12.4 Å². The van der Waals surface area contributed by atoms with Gasteiger partial charge in [-0.1, -0.05) is 0 Å². The lowest BCUT2D eigenvalue weighted by atomic mass is 10.2. The number of benzene rings is 1. The monoisotopic (exact) mass is 404 g/mol. The maximum atomic E-state index is 13.1. The number of carbonyl (C=O) groups excluding carboxylic acids is 1. The fraction of sp³-hybridized carbons (Fsp3) is 0.227. The Balaban J connectivity index is 1.27. The average Bonchev–Trinajstić information content (AvgIpc) is 3.49. The average molecular weight is 404 g/mol. The van der Waals surface area contributed by atoms with Crippen LogP contribution in [-0.2, 0) is 0 Å². The Morgan fingerprint density at radius 2 is 1.97 bits per heavy atom. The number of halogens is 1. The minimum Gasteiger partial charge on any atom is -0.353 e. The van der Waals surface area contributed by atoms with Crippen LogP contribution in [0.15, 0.2) is 61.2 Å². The second kappa shape index (κ2) is 7.29. The van der Waals surface area contributed by atoms with E-state index in [2.05, 4.69) is 37.7 Å². The number of carbonyl (C=O) groups is 1. The van der Waals surface area contributed by atoms with Gasteiger partial charge in [-0.25, -0.2) is 14.1 Å². The van der Waals surface area contributed by atoms with Crippen molar-refractivity contribution in [3.05, 3.63) is 78.3 Å². The number of aromatic nitrogens is 4. The molecule has 30 heavy (non-hydrogen) atoms. The van der Waals surface area contributed by atoms with Gasteiger partial charge >= 0.3 is 0 Å². The molecule has 4 aromatic rings. The van der Waals surface area contributed by atoms with Crippen molar-refractivity contribution >= 4 is 17.2 Å². The van der Waals surface area contributed by atoms with Crippen LogP contribution in [0.3, 0.4) is 0 Å². The number of fused-ring (bicyclic) bond motifs is 1. The molecule has 0 radical (unpaired) electrons. The maximum absolute atomic E-state index is 13.1. The number of nitrogens with zero attached hydrogens (tertiary/aromatic N) is 5. The fourth-order valence-corrected chi connectivity index (χ4v) is 3.95. The van der Waals surface area contributed by atoms with Gasteiger partial charge in [0.25, 0.3) is 5.91 Å². The predicted molar refractivity (Wildman–Crippen MR) is 112 cm³/mol. The molecule has 0 aliphatic carbocycles. The molecule has 0 bridgehead atoms. The minimum atomic E-state index is -0.310. The fourth-order valence-electron chi connectivity index (χ4n) is 3.95. The molecule has 0 spiro atoms. The molecule has 0 saturated carbocycles. The van der Waals surface area contributed by atoms with Gasteiger partial charge in [-0.15, -0.1) is 0 Å². The van der Waals surface area contributed by atoms with Crippen LogP contribution in [0.1, 0.15) is 22.5 Å². The van der Waals surface area contributed by atoms with Crippen LogP contribution in [0.2, 0.25) is 0 Å². The summed E-state index contributed by atoms with van der Waals surface area (Å²) in [5.74, 6) is 0.417. The van der Waals surface area contributed by atoms with E-state index in [9.17, 15) is 9.18 Å². The smallest absolute Gasteiger partial charge is 0.272 e. The topological polar surface area (TPSA) is 67.5 Å². The molecule has 152 valence electrons. The van der Waals surface area contributed by atoms with E-state index in [0.29, 0.717) is 17.9 Å². The number of hydrogen-bond acceptors (Lipinski definition) is 4. The molecule has 1 amide bonds. The summed E-state index contributed by atoms with van der Waals surface area (Å²) in [7, 11) is 0. The molecule has 5 rings (SSSR count). The molecule has 0 unspecified atom stereocenters. The Labute approximate surface area is 172 Å². The van der Waals surface area contributed by atoms with Crippen LogP contribution in [0, 0.1) is 12.7 Å². The Morgan fingerprint density at radius 3 is 2.80 bits per heavy atom. The normalized spacial score (nSPS) is 16.3. The van der Waals surface area contributed by atoms with Crippen LogP contribution in [-0.4, -0.2) is 44.2 Å². The van der Waals surface area contributed by atoms with Gasteiger partial charge in [0.1, 0.15) is 5.82 Å². The zero-order valence-corrected chi connectivity index (χ0v) is 16.5. The summed E-state index contributed by atoms with van der Waals surface area (Å²) < 4.78 is 16.7. The lowest BCUT2D eigenvalue weighted by Gasteiger charge is -2.19. The molecule has 1 atom stereocenters. The van der Waals surface area contributed by atoms with Gasteiger partial charge in [0.05, 0.1) is 11.2 Å². The second-order valence-corrected chi connectivity index (χ2v) is 7.53. The molecule has 1 fully saturated rings. The van der Waals surface area contributed by atoms with Crippen LogP contribution in [0.4, 0.5) is 10.2 Å². The van der Waals surface area contributed by atoms with Crippen molar-refractivity contribution in [2.45, 2.75) is 19.4 Å². The third-order valence-electron chi connectivity index (χ3n) is 5.49. The Morgan fingerprint density at radius 1 is 1.13 bits per heavy atom. The van der Waals surface area contributed by atoms with Crippen LogP contribution < -0.4 is 10.2 Å². The molecule has 1 aliphatic rings. The first-order chi connectivity index (χ1) is 14.6.